The van der Waals surface area contributed by atoms with Crippen molar-refractivity contribution in [2.75, 3.05) is 24.5 Å². The van der Waals surface area contributed by atoms with E-state index in [9.17, 15) is 9.59 Å². The Morgan fingerprint density at radius 2 is 2.08 bits per heavy atom. The van der Waals surface area contributed by atoms with Gasteiger partial charge in [0.15, 0.2) is 0 Å². The molecule has 1 aromatic heterocycles. The molecule has 3 amide bonds. The molecule has 0 radical (unpaired) electrons. The van der Waals surface area contributed by atoms with Crippen molar-refractivity contribution in [1.29, 1.82) is 0 Å². The summed E-state index contributed by atoms with van der Waals surface area (Å²) in [6.45, 7) is 3.22. The minimum absolute atomic E-state index is 0.0979. The largest absolute Gasteiger partial charge is 0.357 e. The second-order valence-corrected chi connectivity index (χ2v) is 6.39. The third kappa shape index (κ3) is 4.37. The fraction of sp³-hybridized carbons (Fsp3) is 0.588. The first-order chi connectivity index (χ1) is 11.7. The highest BCUT2D eigenvalue weighted by Gasteiger charge is 2.22. The molecule has 1 aromatic rings. The average Bonchev–Trinajstić information content (AvgIpc) is 3.06. The van der Waals surface area contributed by atoms with E-state index in [-0.39, 0.29) is 11.9 Å². The average molecular weight is 331 g/mol. The quantitative estimate of drug-likeness (QED) is 0.772. The van der Waals surface area contributed by atoms with Crippen molar-refractivity contribution in [3.05, 3.63) is 23.9 Å². The minimum Gasteiger partial charge on any atom is -0.357 e. The molecule has 0 spiro atoms. The van der Waals surface area contributed by atoms with Crippen LogP contribution in [0.15, 0.2) is 18.3 Å². The molecule has 2 aliphatic rings. The molecule has 130 valence electrons. The van der Waals surface area contributed by atoms with Crippen LogP contribution in [0.4, 0.5) is 10.6 Å². The zero-order chi connectivity index (χ0) is 16.8. The van der Waals surface area contributed by atoms with E-state index >= 15 is 0 Å². The topological polar surface area (TPSA) is 86.4 Å². The monoisotopic (exact) mass is 331 g/mol. The van der Waals surface area contributed by atoms with Gasteiger partial charge in [0.05, 0.1) is 0 Å². The number of carbonyl (C=O) groups is 2. The van der Waals surface area contributed by atoms with Crippen molar-refractivity contribution in [3.8, 4) is 0 Å². The second kappa shape index (κ2) is 7.99. The van der Waals surface area contributed by atoms with Crippen LogP contribution < -0.4 is 20.9 Å². The maximum Gasteiger partial charge on any atom is 0.315 e. The maximum atomic E-state index is 12.0. The van der Waals surface area contributed by atoms with Crippen molar-refractivity contribution >= 4 is 17.8 Å². The van der Waals surface area contributed by atoms with Crippen molar-refractivity contribution in [2.24, 2.45) is 0 Å². The number of carbonyl (C=O) groups excluding carboxylic acids is 2. The van der Waals surface area contributed by atoms with E-state index in [1.165, 1.54) is 12.8 Å². The summed E-state index contributed by atoms with van der Waals surface area (Å²) in [5, 5.41) is 8.35. The fourth-order valence-electron chi connectivity index (χ4n) is 3.12. The predicted molar refractivity (Wildman–Crippen MR) is 91.7 cm³/mol. The van der Waals surface area contributed by atoms with E-state index in [0.717, 1.165) is 37.3 Å². The van der Waals surface area contributed by atoms with Crippen LogP contribution >= 0.6 is 0 Å². The number of anilines is 1. The zero-order valence-corrected chi connectivity index (χ0v) is 13.9. The highest BCUT2D eigenvalue weighted by Crippen LogP contribution is 2.17. The van der Waals surface area contributed by atoms with E-state index in [4.69, 9.17) is 0 Å². The molecule has 2 aliphatic heterocycles. The van der Waals surface area contributed by atoms with Gasteiger partial charge in [-0.15, -0.1) is 0 Å². The Hall–Kier alpha value is -2.31. The number of aromatic nitrogens is 1. The van der Waals surface area contributed by atoms with E-state index in [0.29, 0.717) is 19.5 Å². The minimum atomic E-state index is -0.442. The summed E-state index contributed by atoms with van der Waals surface area (Å²) in [4.78, 5) is 30.5. The third-order valence-electron chi connectivity index (χ3n) is 4.53. The van der Waals surface area contributed by atoms with Gasteiger partial charge in [-0.05, 0) is 43.7 Å². The number of nitrogens with one attached hydrogen (secondary N) is 3. The van der Waals surface area contributed by atoms with Gasteiger partial charge < -0.3 is 20.9 Å². The number of pyridine rings is 1. The standard InChI is InChI=1S/C17H25N5O2/c23-16-14(5-1-2-8-18-16)21-17(24)20-12-13-6-7-15(19-11-13)22-9-3-4-10-22/h6-7,11,14H,1-5,8-10,12H2,(H,18,23)(H2,20,21,24)/t14-/m0/s1. The van der Waals surface area contributed by atoms with Gasteiger partial charge in [0.1, 0.15) is 11.9 Å². The molecule has 0 unspecified atom stereocenters. The Balaban J connectivity index is 1.46. The van der Waals surface area contributed by atoms with Gasteiger partial charge in [-0.3, -0.25) is 4.79 Å². The highest BCUT2D eigenvalue weighted by molar-refractivity contribution is 5.87. The number of amides is 3. The number of hydrogen-bond donors (Lipinski definition) is 3. The number of nitrogens with zero attached hydrogens (tertiary/aromatic N) is 2. The number of hydrogen-bond acceptors (Lipinski definition) is 4. The van der Waals surface area contributed by atoms with Gasteiger partial charge in [0, 0.05) is 32.4 Å². The molecule has 0 saturated carbocycles. The first-order valence-electron chi connectivity index (χ1n) is 8.74. The molecule has 0 aliphatic carbocycles. The summed E-state index contributed by atoms with van der Waals surface area (Å²) in [6, 6.07) is 3.22. The van der Waals surface area contributed by atoms with Crippen molar-refractivity contribution in [1.82, 2.24) is 20.9 Å². The molecule has 0 aromatic carbocycles. The lowest BCUT2D eigenvalue weighted by molar-refractivity contribution is -0.122. The van der Waals surface area contributed by atoms with Crippen LogP contribution in [0.5, 0.6) is 0 Å². The summed E-state index contributed by atoms with van der Waals surface area (Å²) >= 11 is 0. The van der Waals surface area contributed by atoms with Gasteiger partial charge in [-0.25, -0.2) is 9.78 Å². The van der Waals surface area contributed by atoms with Crippen LogP contribution in [0.3, 0.4) is 0 Å². The molecule has 3 N–H and O–H groups in total. The van der Waals surface area contributed by atoms with E-state index < -0.39 is 6.04 Å². The number of urea groups is 1. The lowest BCUT2D eigenvalue weighted by Gasteiger charge is -2.17. The molecule has 0 bridgehead atoms. The van der Waals surface area contributed by atoms with Gasteiger partial charge >= 0.3 is 6.03 Å². The zero-order valence-electron chi connectivity index (χ0n) is 13.9. The molecule has 1 atom stereocenters. The van der Waals surface area contributed by atoms with Crippen molar-refractivity contribution < 1.29 is 9.59 Å². The molecule has 3 rings (SSSR count). The molecule has 2 fully saturated rings. The number of rotatable bonds is 4. The fourth-order valence-corrected chi connectivity index (χ4v) is 3.12. The Kier molecular flexibility index (Phi) is 5.51. The Bertz CT molecular complexity index is 569. The summed E-state index contributed by atoms with van der Waals surface area (Å²) in [5.41, 5.74) is 0.943. The van der Waals surface area contributed by atoms with Crippen LogP contribution in [0.25, 0.3) is 0 Å². The van der Waals surface area contributed by atoms with Crippen molar-refractivity contribution in [3.63, 3.8) is 0 Å². The molecular weight excluding hydrogens is 306 g/mol. The Morgan fingerprint density at radius 3 is 2.83 bits per heavy atom. The van der Waals surface area contributed by atoms with Crippen LogP contribution in [-0.2, 0) is 11.3 Å². The molecule has 2 saturated heterocycles. The van der Waals surface area contributed by atoms with E-state index in [2.05, 4.69) is 25.8 Å². The predicted octanol–water partition coefficient (Wildman–Crippen LogP) is 1.15. The Morgan fingerprint density at radius 1 is 1.25 bits per heavy atom. The summed E-state index contributed by atoms with van der Waals surface area (Å²) < 4.78 is 0. The van der Waals surface area contributed by atoms with E-state index in [1.54, 1.807) is 6.20 Å². The van der Waals surface area contributed by atoms with Gasteiger partial charge in [0.25, 0.3) is 0 Å². The van der Waals surface area contributed by atoms with E-state index in [1.807, 2.05) is 12.1 Å². The van der Waals surface area contributed by atoms with Gasteiger partial charge in [-0.1, -0.05) is 6.07 Å². The second-order valence-electron chi connectivity index (χ2n) is 6.39. The van der Waals surface area contributed by atoms with Crippen LogP contribution in [0, 0.1) is 0 Å². The molecule has 7 heteroatoms. The third-order valence-corrected chi connectivity index (χ3v) is 4.53. The highest BCUT2D eigenvalue weighted by atomic mass is 16.2. The molecular formula is C17H25N5O2. The normalized spacial score (nSPS) is 21.1. The first kappa shape index (κ1) is 16.5. The van der Waals surface area contributed by atoms with Crippen molar-refractivity contribution in [2.45, 2.75) is 44.7 Å². The van der Waals surface area contributed by atoms with Crippen LogP contribution in [-0.4, -0.2) is 42.6 Å². The summed E-state index contributed by atoms with van der Waals surface area (Å²) in [5.74, 6) is 0.898. The van der Waals surface area contributed by atoms with Gasteiger partial charge in [-0.2, -0.15) is 0 Å². The Labute approximate surface area is 142 Å². The summed E-state index contributed by atoms with van der Waals surface area (Å²) in [6.07, 6.45) is 6.82. The molecule has 24 heavy (non-hydrogen) atoms. The molecule has 3 heterocycles. The van der Waals surface area contributed by atoms with Crippen LogP contribution in [0.1, 0.15) is 37.7 Å². The first-order valence-corrected chi connectivity index (χ1v) is 8.74. The molecule has 7 nitrogen and oxygen atoms in total. The lowest BCUT2D eigenvalue weighted by atomic mass is 10.1. The van der Waals surface area contributed by atoms with Crippen LogP contribution in [0.2, 0.25) is 0 Å². The maximum absolute atomic E-state index is 12.0. The SMILES string of the molecule is O=C(NCc1ccc(N2CCCC2)nc1)N[C@H]1CCCCNC1=O. The smallest absolute Gasteiger partial charge is 0.315 e. The summed E-state index contributed by atoms with van der Waals surface area (Å²) in [7, 11) is 0. The lowest BCUT2D eigenvalue weighted by Crippen LogP contribution is -2.48. The van der Waals surface area contributed by atoms with Gasteiger partial charge in [0.2, 0.25) is 5.91 Å².